The SMILES string of the molecule is CC#CC1C(NC(=O)O)=CC=CC1(Cl)I. The first-order chi connectivity index (χ1) is 6.97. The van der Waals surface area contributed by atoms with Crippen LogP contribution in [-0.2, 0) is 0 Å². The second-order valence-corrected chi connectivity index (χ2v) is 5.96. The molecule has 1 rings (SSSR count). The maximum absolute atomic E-state index is 10.6. The second-order valence-electron chi connectivity index (χ2n) is 2.91. The zero-order valence-electron chi connectivity index (χ0n) is 7.92. The molecule has 80 valence electrons. The van der Waals surface area contributed by atoms with Crippen molar-refractivity contribution in [1.82, 2.24) is 5.32 Å². The molecular formula is C10H9ClINO2. The van der Waals surface area contributed by atoms with Gasteiger partial charge in [0.1, 0.15) is 2.88 Å². The quantitative estimate of drug-likeness (QED) is 0.439. The minimum Gasteiger partial charge on any atom is -0.465 e. The van der Waals surface area contributed by atoms with Crippen LogP contribution in [0.25, 0.3) is 0 Å². The van der Waals surface area contributed by atoms with Crippen LogP contribution < -0.4 is 5.32 Å². The average molecular weight is 338 g/mol. The number of allylic oxidation sites excluding steroid dienone is 4. The maximum atomic E-state index is 10.6. The van der Waals surface area contributed by atoms with Crippen LogP contribution in [0.5, 0.6) is 0 Å². The van der Waals surface area contributed by atoms with Gasteiger partial charge in [-0.15, -0.1) is 17.5 Å². The number of hydrogen-bond acceptors (Lipinski definition) is 1. The summed E-state index contributed by atoms with van der Waals surface area (Å²) in [6.07, 6.45) is 4.07. The van der Waals surface area contributed by atoms with Gasteiger partial charge in [-0.05, 0) is 13.0 Å². The van der Waals surface area contributed by atoms with Crippen LogP contribution in [-0.4, -0.2) is 14.1 Å². The zero-order valence-corrected chi connectivity index (χ0v) is 10.8. The number of nitrogens with one attached hydrogen (secondary N) is 1. The lowest BCUT2D eigenvalue weighted by atomic mass is 9.97. The van der Waals surface area contributed by atoms with E-state index in [4.69, 9.17) is 16.7 Å². The van der Waals surface area contributed by atoms with Crippen molar-refractivity contribution in [3.8, 4) is 11.8 Å². The molecule has 0 saturated heterocycles. The Hall–Kier alpha value is -0.670. The molecule has 2 unspecified atom stereocenters. The molecule has 2 atom stereocenters. The molecule has 0 aliphatic heterocycles. The van der Waals surface area contributed by atoms with Crippen LogP contribution in [0, 0.1) is 17.8 Å². The van der Waals surface area contributed by atoms with E-state index in [0.717, 1.165) is 0 Å². The summed E-state index contributed by atoms with van der Waals surface area (Å²) < 4.78 is -0.701. The molecule has 0 aromatic carbocycles. The van der Waals surface area contributed by atoms with Gasteiger partial charge in [0.15, 0.2) is 0 Å². The van der Waals surface area contributed by atoms with E-state index in [1.165, 1.54) is 0 Å². The first kappa shape index (κ1) is 12.4. The minimum atomic E-state index is -1.11. The molecule has 2 N–H and O–H groups in total. The van der Waals surface area contributed by atoms with E-state index >= 15 is 0 Å². The summed E-state index contributed by atoms with van der Waals surface area (Å²) in [4.78, 5) is 10.6. The van der Waals surface area contributed by atoms with Gasteiger partial charge in [0.25, 0.3) is 0 Å². The number of rotatable bonds is 1. The predicted octanol–water partition coefficient (Wildman–Crippen LogP) is 2.72. The van der Waals surface area contributed by atoms with Gasteiger partial charge in [0.2, 0.25) is 0 Å². The molecule has 0 aromatic heterocycles. The lowest BCUT2D eigenvalue weighted by Crippen LogP contribution is -2.34. The van der Waals surface area contributed by atoms with Crippen molar-refractivity contribution in [2.24, 2.45) is 5.92 Å². The zero-order chi connectivity index (χ0) is 11.5. The summed E-state index contributed by atoms with van der Waals surface area (Å²) in [7, 11) is 0. The normalized spacial score (nSPS) is 28.7. The van der Waals surface area contributed by atoms with Gasteiger partial charge in [-0.1, -0.05) is 40.7 Å². The number of carboxylic acid groups (broad SMARTS) is 1. The Labute approximate surface area is 107 Å². The lowest BCUT2D eigenvalue weighted by molar-refractivity contribution is 0.196. The van der Waals surface area contributed by atoms with E-state index in [-0.39, 0.29) is 5.92 Å². The molecule has 3 nitrogen and oxygen atoms in total. The number of halogens is 2. The highest BCUT2D eigenvalue weighted by Gasteiger charge is 2.35. The summed E-state index contributed by atoms with van der Waals surface area (Å²) >= 11 is 8.26. The molecule has 0 spiro atoms. The minimum absolute atomic E-state index is 0.342. The Morgan fingerprint density at radius 3 is 3.00 bits per heavy atom. The van der Waals surface area contributed by atoms with Crippen molar-refractivity contribution in [1.29, 1.82) is 0 Å². The molecule has 0 heterocycles. The molecule has 1 amide bonds. The molecule has 1 aliphatic carbocycles. The molecule has 0 fully saturated rings. The van der Waals surface area contributed by atoms with Crippen LogP contribution in [0.2, 0.25) is 0 Å². The van der Waals surface area contributed by atoms with E-state index in [1.807, 2.05) is 22.6 Å². The van der Waals surface area contributed by atoms with Crippen LogP contribution in [0.1, 0.15) is 6.92 Å². The van der Waals surface area contributed by atoms with Gasteiger partial charge in [-0.25, -0.2) is 4.79 Å². The van der Waals surface area contributed by atoms with E-state index < -0.39 is 8.97 Å². The molecular weight excluding hydrogens is 328 g/mol. The van der Waals surface area contributed by atoms with Gasteiger partial charge in [0.05, 0.1) is 5.92 Å². The molecule has 0 radical (unpaired) electrons. The van der Waals surface area contributed by atoms with E-state index in [0.29, 0.717) is 5.70 Å². The van der Waals surface area contributed by atoms with E-state index in [2.05, 4.69) is 17.2 Å². The molecule has 1 aliphatic rings. The second kappa shape index (κ2) is 4.90. The van der Waals surface area contributed by atoms with Crippen LogP contribution in [0.15, 0.2) is 23.9 Å². The first-order valence-electron chi connectivity index (χ1n) is 4.17. The van der Waals surface area contributed by atoms with Crippen molar-refractivity contribution in [3.63, 3.8) is 0 Å². The largest absolute Gasteiger partial charge is 0.465 e. The van der Waals surface area contributed by atoms with Crippen molar-refractivity contribution in [2.45, 2.75) is 9.80 Å². The first-order valence-corrected chi connectivity index (χ1v) is 5.62. The van der Waals surface area contributed by atoms with E-state index in [1.54, 1.807) is 25.2 Å². The fourth-order valence-electron chi connectivity index (χ4n) is 1.24. The molecule has 5 heteroatoms. The summed E-state index contributed by atoms with van der Waals surface area (Å²) in [5, 5.41) is 11.0. The van der Waals surface area contributed by atoms with Gasteiger partial charge >= 0.3 is 6.09 Å². The third-order valence-electron chi connectivity index (χ3n) is 1.83. The van der Waals surface area contributed by atoms with Gasteiger partial charge in [-0.2, -0.15) is 0 Å². The Kier molecular flexibility index (Phi) is 4.05. The number of carbonyl (C=O) groups is 1. The van der Waals surface area contributed by atoms with Crippen molar-refractivity contribution in [3.05, 3.63) is 23.9 Å². The number of hydrogen-bond donors (Lipinski definition) is 2. The Balaban J connectivity index is 3.01. The summed E-state index contributed by atoms with van der Waals surface area (Å²) in [6.45, 7) is 1.69. The highest BCUT2D eigenvalue weighted by molar-refractivity contribution is 14.1. The predicted molar refractivity (Wildman–Crippen MR) is 67.9 cm³/mol. The van der Waals surface area contributed by atoms with Gasteiger partial charge in [-0.3, -0.25) is 5.32 Å². The van der Waals surface area contributed by atoms with Crippen LogP contribution in [0.4, 0.5) is 4.79 Å². The fraction of sp³-hybridized carbons (Fsp3) is 0.300. The third-order valence-corrected chi connectivity index (χ3v) is 3.16. The van der Waals surface area contributed by atoms with Crippen LogP contribution >= 0.6 is 34.2 Å². The third kappa shape index (κ3) is 3.14. The summed E-state index contributed by atoms with van der Waals surface area (Å²) in [5.74, 6) is 5.30. The lowest BCUT2D eigenvalue weighted by Gasteiger charge is -2.28. The molecule has 15 heavy (non-hydrogen) atoms. The smallest absolute Gasteiger partial charge is 0.408 e. The van der Waals surface area contributed by atoms with Crippen molar-refractivity contribution in [2.75, 3.05) is 0 Å². The van der Waals surface area contributed by atoms with Crippen LogP contribution in [0.3, 0.4) is 0 Å². The van der Waals surface area contributed by atoms with Crippen molar-refractivity contribution < 1.29 is 9.90 Å². The number of alkyl halides is 2. The highest BCUT2D eigenvalue weighted by Crippen LogP contribution is 2.40. The average Bonchev–Trinajstić information content (AvgIpc) is 2.10. The molecule has 0 aromatic rings. The van der Waals surface area contributed by atoms with Gasteiger partial charge in [0, 0.05) is 5.70 Å². The Morgan fingerprint density at radius 1 is 1.80 bits per heavy atom. The molecule has 0 saturated carbocycles. The topological polar surface area (TPSA) is 49.3 Å². The van der Waals surface area contributed by atoms with E-state index in [9.17, 15) is 4.79 Å². The summed E-state index contributed by atoms with van der Waals surface area (Å²) in [5.41, 5.74) is 0.503. The Morgan fingerprint density at radius 2 is 2.47 bits per heavy atom. The standard InChI is InChI=1S/C10H9ClINO2/c1-2-4-7-8(13-9(14)15)5-3-6-10(7,11)12/h3,5-7,13H,1H3,(H,14,15). The van der Waals surface area contributed by atoms with Gasteiger partial charge < -0.3 is 5.11 Å². The molecule has 0 bridgehead atoms. The number of amides is 1. The maximum Gasteiger partial charge on any atom is 0.408 e. The fourth-order valence-corrected chi connectivity index (χ4v) is 2.18. The Bertz CT molecular complexity index is 390. The van der Waals surface area contributed by atoms with Crippen molar-refractivity contribution >= 4 is 40.3 Å². The monoisotopic (exact) mass is 337 g/mol. The highest BCUT2D eigenvalue weighted by atomic mass is 127. The summed E-state index contributed by atoms with van der Waals surface area (Å²) in [6, 6.07) is 0.